The van der Waals surface area contributed by atoms with Gasteiger partial charge in [-0.25, -0.2) is 0 Å². The number of aliphatic imine (C=N–C) groups is 1. The van der Waals surface area contributed by atoms with Crippen molar-refractivity contribution in [3.8, 4) is 0 Å². The molecule has 0 aromatic heterocycles. The lowest BCUT2D eigenvalue weighted by Gasteiger charge is -2.19. The van der Waals surface area contributed by atoms with E-state index in [0.717, 1.165) is 16.8 Å². The molecule has 0 saturated carbocycles. The highest BCUT2D eigenvalue weighted by Gasteiger charge is 2.38. The van der Waals surface area contributed by atoms with Gasteiger partial charge in [0.15, 0.2) is 5.17 Å². The van der Waals surface area contributed by atoms with Gasteiger partial charge in [-0.2, -0.15) is 10.0 Å². The Morgan fingerprint density at radius 3 is 2.92 bits per heavy atom. The van der Waals surface area contributed by atoms with Crippen molar-refractivity contribution in [2.45, 2.75) is 6.92 Å². The van der Waals surface area contributed by atoms with Crippen LogP contribution in [0.15, 0.2) is 10.1 Å². The second-order valence-electron chi connectivity index (χ2n) is 2.64. The van der Waals surface area contributed by atoms with Crippen molar-refractivity contribution in [3.05, 3.63) is 0 Å². The molecule has 2 rings (SSSR count). The molecule has 0 aliphatic carbocycles. The van der Waals surface area contributed by atoms with Crippen LogP contribution in [0.3, 0.4) is 0 Å². The number of carbonyl (C=O) groups excluding carboxylic acids is 2. The SMILES string of the molecule is CC1C(=O)N=C2SC(N)=NN2C1=O. The Hall–Kier alpha value is -1.37. The number of hydrogen-bond acceptors (Lipinski definition) is 5. The van der Waals surface area contributed by atoms with E-state index in [1.54, 1.807) is 0 Å². The molecule has 0 spiro atoms. The zero-order chi connectivity index (χ0) is 9.59. The van der Waals surface area contributed by atoms with Gasteiger partial charge in [-0.15, -0.1) is 5.10 Å². The smallest absolute Gasteiger partial charge is 0.261 e. The predicted molar refractivity (Wildman–Crippen MR) is 47.7 cm³/mol. The summed E-state index contributed by atoms with van der Waals surface area (Å²) in [5.41, 5.74) is 5.37. The summed E-state index contributed by atoms with van der Waals surface area (Å²) < 4.78 is 0. The summed E-state index contributed by atoms with van der Waals surface area (Å²) in [4.78, 5) is 26.2. The van der Waals surface area contributed by atoms with Crippen LogP contribution in [0.2, 0.25) is 0 Å². The van der Waals surface area contributed by atoms with Gasteiger partial charge in [-0.05, 0) is 18.7 Å². The molecule has 6 nitrogen and oxygen atoms in total. The molecule has 68 valence electrons. The van der Waals surface area contributed by atoms with Crippen LogP contribution in [0.25, 0.3) is 0 Å². The highest BCUT2D eigenvalue weighted by atomic mass is 32.2. The summed E-state index contributed by atoms with van der Waals surface area (Å²) in [5, 5.41) is 5.30. The standard InChI is InChI=1S/C6H6N4O2S/c1-2-3(11)8-6-10(4(2)12)9-5(7)13-6/h2H,1H3,(H2,7,9). The van der Waals surface area contributed by atoms with Crippen LogP contribution in [-0.2, 0) is 9.59 Å². The van der Waals surface area contributed by atoms with Crippen molar-refractivity contribution in [1.82, 2.24) is 5.01 Å². The molecule has 13 heavy (non-hydrogen) atoms. The Morgan fingerprint density at radius 2 is 2.23 bits per heavy atom. The molecule has 2 aliphatic heterocycles. The number of carbonyl (C=O) groups is 2. The topological polar surface area (TPSA) is 88.1 Å². The van der Waals surface area contributed by atoms with Crippen LogP contribution in [-0.4, -0.2) is 27.2 Å². The van der Waals surface area contributed by atoms with Gasteiger partial charge in [0.1, 0.15) is 5.92 Å². The molecule has 2 aliphatic rings. The molecule has 0 radical (unpaired) electrons. The van der Waals surface area contributed by atoms with E-state index in [1.807, 2.05) is 0 Å². The molecule has 1 atom stereocenters. The van der Waals surface area contributed by atoms with Crippen LogP contribution >= 0.6 is 11.8 Å². The van der Waals surface area contributed by atoms with Crippen molar-refractivity contribution < 1.29 is 9.59 Å². The van der Waals surface area contributed by atoms with E-state index >= 15 is 0 Å². The predicted octanol–water partition coefficient (Wildman–Crippen LogP) is -0.676. The van der Waals surface area contributed by atoms with Gasteiger partial charge in [-0.3, -0.25) is 9.59 Å². The lowest BCUT2D eigenvalue weighted by atomic mass is 10.1. The number of rotatable bonds is 0. The number of fused-ring (bicyclic) bond motifs is 1. The summed E-state index contributed by atoms with van der Waals surface area (Å²) in [7, 11) is 0. The lowest BCUT2D eigenvalue weighted by Crippen LogP contribution is -2.40. The second-order valence-corrected chi connectivity index (χ2v) is 3.63. The van der Waals surface area contributed by atoms with Crippen LogP contribution in [0.1, 0.15) is 6.92 Å². The van der Waals surface area contributed by atoms with Crippen molar-refractivity contribution in [1.29, 1.82) is 0 Å². The summed E-state index contributed by atoms with van der Waals surface area (Å²) in [6.07, 6.45) is 0. The molecule has 7 heteroatoms. The molecular weight excluding hydrogens is 192 g/mol. The molecule has 0 aromatic rings. The Labute approximate surface area is 77.9 Å². The van der Waals surface area contributed by atoms with E-state index in [9.17, 15) is 9.59 Å². The summed E-state index contributed by atoms with van der Waals surface area (Å²) in [5.74, 6) is -1.56. The summed E-state index contributed by atoms with van der Waals surface area (Å²) in [6.45, 7) is 1.50. The van der Waals surface area contributed by atoms with Crippen molar-refractivity contribution in [3.63, 3.8) is 0 Å². The maximum atomic E-state index is 11.4. The zero-order valence-electron chi connectivity index (χ0n) is 6.72. The average molecular weight is 198 g/mol. The highest BCUT2D eigenvalue weighted by molar-refractivity contribution is 8.26. The van der Waals surface area contributed by atoms with Gasteiger partial charge in [0, 0.05) is 0 Å². The summed E-state index contributed by atoms with van der Waals surface area (Å²) >= 11 is 1.02. The molecule has 2 heterocycles. The zero-order valence-corrected chi connectivity index (χ0v) is 7.54. The first-order valence-electron chi connectivity index (χ1n) is 3.58. The number of hydrazone groups is 1. The third-order valence-electron chi connectivity index (χ3n) is 1.73. The maximum Gasteiger partial charge on any atom is 0.261 e. The van der Waals surface area contributed by atoms with Crippen molar-refractivity contribution in [2.24, 2.45) is 21.7 Å². The normalized spacial score (nSPS) is 27.2. The molecular formula is C6H6N4O2S. The van der Waals surface area contributed by atoms with Gasteiger partial charge in [0.2, 0.25) is 5.17 Å². The highest BCUT2D eigenvalue weighted by Crippen LogP contribution is 2.24. The van der Waals surface area contributed by atoms with Crippen molar-refractivity contribution >= 4 is 33.9 Å². The quantitative estimate of drug-likeness (QED) is 0.522. The molecule has 2 N–H and O–H groups in total. The van der Waals surface area contributed by atoms with Crippen LogP contribution in [0, 0.1) is 5.92 Å². The largest absolute Gasteiger partial charge is 0.376 e. The Balaban J connectivity index is 2.43. The maximum absolute atomic E-state index is 11.4. The molecule has 2 amide bonds. The Bertz CT molecular complexity index is 362. The van der Waals surface area contributed by atoms with E-state index < -0.39 is 11.8 Å². The molecule has 0 saturated heterocycles. The van der Waals surface area contributed by atoms with Crippen LogP contribution in [0.4, 0.5) is 0 Å². The third kappa shape index (κ3) is 1.12. The number of amides is 2. The fraction of sp³-hybridized carbons (Fsp3) is 0.333. The van der Waals surface area contributed by atoms with Gasteiger partial charge < -0.3 is 5.73 Å². The number of nitrogens with two attached hydrogens (primary N) is 1. The number of nitrogens with zero attached hydrogens (tertiary/aromatic N) is 3. The van der Waals surface area contributed by atoms with E-state index in [0.29, 0.717) is 0 Å². The van der Waals surface area contributed by atoms with Gasteiger partial charge in [-0.1, -0.05) is 0 Å². The van der Waals surface area contributed by atoms with E-state index in [2.05, 4.69) is 10.1 Å². The fourth-order valence-corrected chi connectivity index (χ4v) is 1.65. The van der Waals surface area contributed by atoms with Crippen LogP contribution in [0.5, 0.6) is 0 Å². The monoisotopic (exact) mass is 198 g/mol. The average Bonchev–Trinajstić information content (AvgIpc) is 2.42. The fourth-order valence-electron chi connectivity index (χ4n) is 0.992. The molecule has 1 unspecified atom stereocenters. The Morgan fingerprint density at radius 1 is 1.54 bits per heavy atom. The number of thioether (sulfide) groups is 1. The lowest BCUT2D eigenvalue weighted by molar-refractivity contribution is -0.138. The second kappa shape index (κ2) is 2.56. The first-order valence-corrected chi connectivity index (χ1v) is 4.39. The number of hydrogen-bond donors (Lipinski definition) is 1. The molecule has 0 bridgehead atoms. The molecule has 0 fully saturated rings. The Kier molecular flexibility index (Phi) is 1.62. The van der Waals surface area contributed by atoms with Crippen molar-refractivity contribution in [2.75, 3.05) is 0 Å². The minimum Gasteiger partial charge on any atom is -0.376 e. The summed E-state index contributed by atoms with van der Waals surface area (Å²) in [6, 6.07) is 0. The van der Waals surface area contributed by atoms with E-state index in [4.69, 9.17) is 5.73 Å². The number of amidine groups is 2. The van der Waals surface area contributed by atoms with E-state index in [1.165, 1.54) is 6.92 Å². The van der Waals surface area contributed by atoms with Gasteiger partial charge in [0.05, 0.1) is 0 Å². The van der Waals surface area contributed by atoms with E-state index in [-0.39, 0.29) is 16.2 Å². The first-order chi connectivity index (χ1) is 6.09. The van der Waals surface area contributed by atoms with Crippen LogP contribution < -0.4 is 5.73 Å². The van der Waals surface area contributed by atoms with Gasteiger partial charge >= 0.3 is 0 Å². The minimum absolute atomic E-state index is 0.231. The molecule has 0 aromatic carbocycles. The third-order valence-corrected chi connectivity index (χ3v) is 2.47. The minimum atomic E-state index is -0.751. The first kappa shape index (κ1) is 8.24. The van der Waals surface area contributed by atoms with Gasteiger partial charge in [0.25, 0.3) is 11.8 Å².